The van der Waals surface area contributed by atoms with E-state index in [-0.39, 0.29) is 17.1 Å². The second kappa shape index (κ2) is 9.08. The number of phenols is 1. The number of anilines is 1. The molecule has 0 radical (unpaired) electrons. The van der Waals surface area contributed by atoms with Crippen LogP contribution < -0.4 is 14.4 Å². The maximum absolute atomic E-state index is 13.2. The third kappa shape index (κ3) is 4.13. The van der Waals surface area contributed by atoms with Gasteiger partial charge in [-0.3, -0.25) is 14.5 Å². The van der Waals surface area contributed by atoms with Crippen LogP contribution in [0.1, 0.15) is 24.1 Å². The van der Waals surface area contributed by atoms with Gasteiger partial charge in [-0.05, 0) is 61.0 Å². The zero-order chi connectivity index (χ0) is 23.5. The average molecular weight is 445 g/mol. The fraction of sp³-hybridized carbons (Fsp3) is 0.154. The Labute approximate surface area is 191 Å². The minimum Gasteiger partial charge on any atom is -0.508 e. The second-order valence-electron chi connectivity index (χ2n) is 7.42. The van der Waals surface area contributed by atoms with Crippen LogP contribution in [0, 0.1) is 0 Å². The maximum atomic E-state index is 13.2. The smallest absolute Gasteiger partial charge is 0.300 e. The van der Waals surface area contributed by atoms with Gasteiger partial charge in [0.1, 0.15) is 23.0 Å². The van der Waals surface area contributed by atoms with E-state index in [1.165, 1.54) is 24.1 Å². The Kier molecular flexibility index (Phi) is 6.04. The van der Waals surface area contributed by atoms with Gasteiger partial charge < -0.3 is 19.7 Å². The number of aliphatic hydroxyl groups excluding tert-OH is 1. The largest absolute Gasteiger partial charge is 0.508 e. The highest BCUT2D eigenvalue weighted by Gasteiger charge is 2.47. The van der Waals surface area contributed by atoms with Crippen molar-refractivity contribution in [3.05, 3.63) is 89.5 Å². The number of benzene rings is 3. The molecule has 7 heteroatoms. The molecule has 7 nitrogen and oxygen atoms in total. The molecule has 33 heavy (non-hydrogen) atoms. The standard InChI is InChI=1S/C26H23NO6/c1-3-33-21-6-4-5-17(15-21)24(29)22-23(16-7-11-19(28)12-8-16)27(26(31)25(22)30)18-9-13-20(32-2)14-10-18/h4-15,23,28-29H,3H2,1-2H3/b24-22-. The van der Waals surface area contributed by atoms with Crippen LogP contribution in [0.2, 0.25) is 0 Å². The zero-order valence-electron chi connectivity index (χ0n) is 18.2. The summed E-state index contributed by atoms with van der Waals surface area (Å²) in [5.41, 5.74) is 1.34. The van der Waals surface area contributed by atoms with E-state index in [4.69, 9.17) is 9.47 Å². The van der Waals surface area contributed by atoms with Crippen LogP contribution in [0.5, 0.6) is 17.2 Å². The van der Waals surface area contributed by atoms with E-state index in [9.17, 15) is 19.8 Å². The summed E-state index contributed by atoms with van der Waals surface area (Å²) in [4.78, 5) is 27.7. The van der Waals surface area contributed by atoms with Crippen LogP contribution in [0.25, 0.3) is 5.76 Å². The van der Waals surface area contributed by atoms with Gasteiger partial charge in [-0.25, -0.2) is 0 Å². The van der Waals surface area contributed by atoms with Crippen molar-refractivity contribution in [3.8, 4) is 17.2 Å². The van der Waals surface area contributed by atoms with Crippen molar-refractivity contribution in [2.75, 3.05) is 18.6 Å². The van der Waals surface area contributed by atoms with Crippen LogP contribution in [-0.2, 0) is 9.59 Å². The number of amides is 1. The molecule has 0 bridgehead atoms. The molecule has 3 aromatic carbocycles. The molecule has 0 spiro atoms. The zero-order valence-corrected chi connectivity index (χ0v) is 18.2. The Balaban J connectivity index is 1.90. The van der Waals surface area contributed by atoms with Crippen LogP contribution >= 0.6 is 0 Å². The molecule has 2 N–H and O–H groups in total. The van der Waals surface area contributed by atoms with E-state index in [0.29, 0.717) is 34.9 Å². The number of ether oxygens (including phenoxy) is 2. The molecule has 1 aliphatic heterocycles. The number of rotatable bonds is 6. The molecule has 1 unspecified atom stereocenters. The Morgan fingerprint density at radius 2 is 1.67 bits per heavy atom. The highest BCUT2D eigenvalue weighted by atomic mass is 16.5. The predicted octanol–water partition coefficient (Wildman–Crippen LogP) is 4.43. The Morgan fingerprint density at radius 1 is 0.970 bits per heavy atom. The first-order valence-corrected chi connectivity index (χ1v) is 10.4. The normalized spacial score (nSPS) is 17.3. The number of methoxy groups -OCH3 is 1. The van der Waals surface area contributed by atoms with E-state index in [1.54, 1.807) is 60.7 Å². The summed E-state index contributed by atoms with van der Waals surface area (Å²) in [6.07, 6.45) is 0. The molecular formula is C26H23NO6. The van der Waals surface area contributed by atoms with Crippen molar-refractivity contribution in [1.29, 1.82) is 0 Å². The molecule has 0 saturated carbocycles. The lowest BCUT2D eigenvalue weighted by molar-refractivity contribution is -0.132. The van der Waals surface area contributed by atoms with Gasteiger partial charge in [0, 0.05) is 11.3 Å². The molecule has 1 atom stereocenters. The SMILES string of the molecule is CCOc1cccc(/C(O)=C2/C(=O)C(=O)N(c3ccc(OC)cc3)C2c2ccc(O)cc2)c1. The molecule has 0 aromatic heterocycles. The third-order valence-electron chi connectivity index (χ3n) is 5.42. The van der Waals surface area contributed by atoms with Gasteiger partial charge in [-0.1, -0.05) is 24.3 Å². The number of phenolic OH excluding ortho intramolecular Hbond substituents is 1. The van der Waals surface area contributed by atoms with Gasteiger partial charge in [0.15, 0.2) is 0 Å². The van der Waals surface area contributed by atoms with Crippen LogP contribution in [0.4, 0.5) is 5.69 Å². The number of hydrogen-bond acceptors (Lipinski definition) is 6. The van der Waals surface area contributed by atoms with E-state index in [2.05, 4.69) is 0 Å². The fourth-order valence-corrected chi connectivity index (χ4v) is 3.87. The molecule has 3 aromatic rings. The molecule has 0 aliphatic carbocycles. The van der Waals surface area contributed by atoms with E-state index >= 15 is 0 Å². The first-order valence-electron chi connectivity index (χ1n) is 10.4. The van der Waals surface area contributed by atoms with Crippen molar-refractivity contribution >= 4 is 23.1 Å². The van der Waals surface area contributed by atoms with Gasteiger partial charge in [-0.15, -0.1) is 0 Å². The van der Waals surface area contributed by atoms with Crippen molar-refractivity contribution in [1.82, 2.24) is 0 Å². The topological polar surface area (TPSA) is 96.3 Å². The Bertz CT molecular complexity index is 1210. The molecule has 4 rings (SSSR count). The first kappa shape index (κ1) is 22.0. The number of aromatic hydroxyl groups is 1. The highest BCUT2D eigenvalue weighted by Crippen LogP contribution is 2.43. The molecule has 1 fully saturated rings. The summed E-state index contributed by atoms with van der Waals surface area (Å²) in [6.45, 7) is 2.29. The number of carbonyl (C=O) groups is 2. The van der Waals surface area contributed by atoms with Gasteiger partial charge >= 0.3 is 0 Å². The minimum atomic E-state index is -0.894. The quantitative estimate of drug-likeness (QED) is 0.331. The summed E-state index contributed by atoms with van der Waals surface area (Å²) in [7, 11) is 1.54. The van der Waals surface area contributed by atoms with Crippen molar-refractivity contribution in [3.63, 3.8) is 0 Å². The molecule has 1 amide bonds. The van der Waals surface area contributed by atoms with Gasteiger partial charge in [0.2, 0.25) is 0 Å². The predicted molar refractivity (Wildman–Crippen MR) is 123 cm³/mol. The van der Waals surface area contributed by atoms with Crippen LogP contribution in [0.15, 0.2) is 78.4 Å². The maximum Gasteiger partial charge on any atom is 0.300 e. The fourth-order valence-electron chi connectivity index (χ4n) is 3.87. The lowest BCUT2D eigenvalue weighted by Gasteiger charge is -2.25. The number of nitrogens with zero attached hydrogens (tertiary/aromatic N) is 1. The number of hydrogen-bond donors (Lipinski definition) is 2. The molecule has 1 aliphatic rings. The van der Waals surface area contributed by atoms with Crippen molar-refractivity contribution in [2.45, 2.75) is 13.0 Å². The summed E-state index contributed by atoms with van der Waals surface area (Å²) in [6, 6.07) is 18.7. The third-order valence-corrected chi connectivity index (χ3v) is 5.42. The van der Waals surface area contributed by atoms with Crippen molar-refractivity contribution in [2.24, 2.45) is 0 Å². The lowest BCUT2D eigenvalue weighted by atomic mass is 9.95. The highest BCUT2D eigenvalue weighted by molar-refractivity contribution is 6.51. The number of carbonyl (C=O) groups excluding carboxylic acids is 2. The summed E-state index contributed by atoms with van der Waals surface area (Å²) in [5.74, 6) is -0.686. The van der Waals surface area contributed by atoms with E-state index < -0.39 is 17.7 Å². The van der Waals surface area contributed by atoms with E-state index in [0.717, 1.165) is 0 Å². The number of ketones is 1. The van der Waals surface area contributed by atoms with E-state index in [1.807, 2.05) is 6.92 Å². The summed E-state index contributed by atoms with van der Waals surface area (Å²) >= 11 is 0. The van der Waals surface area contributed by atoms with Crippen molar-refractivity contribution < 1.29 is 29.3 Å². The minimum absolute atomic E-state index is 0.0459. The van der Waals surface area contributed by atoms with Gasteiger partial charge in [0.25, 0.3) is 11.7 Å². The van der Waals surface area contributed by atoms with Crippen LogP contribution in [-0.4, -0.2) is 35.6 Å². The summed E-state index contributed by atoms with van der Waals surface area (Å²) in [5, 5.41) is 20.9. The van der Waals surface area contributed by atoms with Gasteiger partial charge in [0.05, 0.1) is 25.3 Å². The molecule has 1 saturated heterocycles. The number of aliphatic hydroxyl groups is 1. The van der Waals surface area contributed by atoms with Crippen LogP contribution in [0.3, 0.4) is 0 Å². The summed E-state index contributed by atoms with van der Waals surface area (Å²) < 4.78 is 10.7. The molecular weight excluding hydrogens is 422 g/mol. The lowest BCUT2D eigenvalue weighted by Crippen LogP contribution is -2.29. The van der Waals surface area contributed by atoms with Gasteiger partial charge in [-0.2, -0.15) is 0 Å². The molecule has 1 heterocycles. The second-order valence-corrected chi connectivity index (χ2v) is 7.42. The Morgan fingerprint density at radius 3 is 2.30 bits per heavy atom. The monoisotopic (exact) mass is 445 g/mol. The Hall–Kier alpha value is -4.26. The first-order chi connectivity index (χ1) is 15.9. The average Bonchev–Trinajstić information content (AvgIpc) is 3.10. The molecule has 168 valence electrons. The number of Topliss-reactive ketones (excluding diaryl/α,β-unsaturated/α-hetero) is 1.